The van der Waals surface area contributed by atoms with Gasteiger partial charge in [-0.3, -0.25) is 18.8 Å². The minimum atomic E-state index is -4.79. The van der Waals surface area contributed by atoms with Gasteiger partial charge in [0.1, 0.15) is 0 Å². The van der Waals surface area contributed by atoms with E-state index in [1.54, 1.807) is 0 Å². The Labute approximate surface area is 150 Å². The number of nitrogens with one attached hydrogen (secondary N) is 1. The van der Waals surface area contributed by atoms with Crippen molar-refractivity contribution in [2.75, 3.05) is 25.6 Å². The van der Waals surface area contributed by atoms with Gasteiger partial charge in [0, 0.05) is 0 Å². The fraction of sp³-hybridized carbons (Fsp3) is 0.500. The number of phosphoric acid groups is 2. The van der Waals surface area contributed by atoms with Crippen molar-refractivity contribution in [3.63, 3.8) is 0 Å². The normalized spacial score (nSPS) is 13.9. The summed E-state index contributed by atoms with van der Waals surface area (Å²) in [6, 6.07) is 0. The van der Waals surface area contributed by atoms with E-state index < -0.39 is 40.5 Å². The average Bonchev–Trinajstić information content (AvgIpc) is 2.90. The van der Waals surface area contributed by atoms with Crippen LogP contribution in [0.5, 0.6) is 0 Å². The van der Waals surface area contributed by atoms with E-state index in [1.807, 2.05) is 0 Å². The van der Waals surface area contributed by atoms with Crippen LogP contribution in [0.3, 0.4) is 0 Å². The van der Waals surface area contributed by atoms with E-state index in [0.29, 0.717) is 0 Å². The molecule has 0 aliphatic carbocycles. The maximum atomic E-state index is 11.8. The van der Waals surface area contributed by atoms with E-state index >= 15 is 0 Å². The molecule has 1 unspecified atom stereocenters. The van der Waals surface area contributed by atoms with Crippen LogP contribution in [0.25, 0.3) is 11.2 Å². The highest BCUT2D eigenvalue weighted by atomic mass is 31.2. The number of H-pyrrole nitrogens is 1. The molecule has 0 spiro atoms. The number of nitrogen functional groups attached to an aromatic ring is 1. The number of anilines is 1. The standard InChI is InChI=1S/C10H17N5O10P2/c11-10-13-8-7(9(16)14-10)12-5-15(8)3-6(4-25-27(20,21)22)23-1-2-24-26(17,18)19/h5-6H,1-4H2,(H2,17,18,19)(H2,20,21,22)(H3,11,13,14,16). The second-order valence-corrected chi connectivity index (χ2v) is 7.60. The van der Waals surface area contributed by atoms with Crippen molar-refractivity contribution in [3.05, 3.63) is 16.7 Å². The Morgan fingerprint density at radius 1 is 1.19 bits per heavy atom. The first-order chi connectivity index (χ1) is 12.4. The van der Waals surface area contributed by atoms with Crippen molar-refractivity contribution >= 4 is 32.8 Å². The Hall–Kier alpha value is -1.67. The molecule has 15 nitrogen and oxygen atoms in total. The lowest BCUT2D eigenvalue weighted by atomic mass is 10.3. The number of nitrogens with two attached hydrogens (primary N) is 1. The Morgan fingerprint density at radius 3 is 2.48 bits per heavy atom. The minimum Gasteiger partial charge on any atom is -0.372 e. The molecule has 0 aliphatic heterocycles. The number of imidazole rings is 1. The zero-order chi connectivity index (χ0) is 20.2. The van der Waals surface area contributed by atoms with Gasteiger partial charge in [-0.05, 0) is 0 Å². The van der Waals surface area contributed by atoms with Crippen molar-refractivity contribution in [3.8, 4) is 0 Å². The van der Waals surface area contributed by atoms with Gasteiger partial charge in [0.2, 0.25) is 5.95 Å². The molecule has 0 radical (unpaired) electrons. The van der Waals surface area contributed by atoms with Gasteiger partial charge < -0.3 is 34.6 Å². The van der Waals surface area contributed by atoms with E-state index in [4.69, 9.17) is 30.0 Å². The fourth-order valence-corrected chi connectivity index (χ4v) is 2.70. The molecule has 0 aromatic carbocycles. The van der Waals surface area contributed by atoms with Crippen molar-refractivity contribution in [2.45, 2.75) is 12.6 Å². The molecule has 2 aromatic rings. The van der Waals surface area contributed by atoms with Gasteiger partial charge in [-0.25, -0.2) is 14.1 Å². The van der Waals surface area contributed by atoms with Crippen LogP contribution in [0.1, 0.15) is 0 Å². The Bertz CT molecular complexity index is 932. The lowest BCUT2D eigenvalue weighted by molar-refractivity contribution is -0.0114. The molecule has 2 rings (SSSR count). The van der Waals surface area contributed by atoms with Gasteiger partial charge in [0.25, 0.3) is 5.56 Å². The topological polar surface area (TPSA) is 232 Å². The number of aromatic nitrogens is 4. The van der Waals surface area contributed by atoms with Crippen LogP contribution < -0.4 is 11.3 Å². The number of phosphoric ester groups is 2. The fourth-order valence-electron chi connectivity index (χ4n) is 2.03. The molecular weight excluding hydrogens is 412 g/mol. The van der Waals surface area contributed by atoms with E-state index in [1.165, 1.54) is 10.9 Å². The molecule has 2 heterocycles. The molecule has 1 atom stereocenters. The molecule has 0 saturated heterocycles. The molecule has 17 heteroatoms. The Kier molecular flexibility index (Phi) is 6.86. The largest absolute Gasteiger partial charge is 0.469 e. The van der Waals surface area contributed by atoms with Gasteiger partial charge >= 0.3 is 15.6 Å². The highest BCUT2D eigenvalue weighted by Crippen LogP contribution is 2.36. The first-order valence-corrected chi connectivity index (χ1v) is 10.2. The second kappa shape index (κ2) is 8.56. The number of ether oxygens (including phenoxy) is 1. The van der Waals surface area contributed by atoms with Crippen LogP contribution in [0.4, 0.5) is 5.95 Å². The molecular formula is C10H17N5O10P2. The van der Waals surface area contributed by atoms with Gasteiger partial charge in [-0.15, -0.1) is 0 Å². The molecule has 0 amide bonds. The smallest absolute Gasteiger partial charge is 0.372 e. The lowest BCUT2D eigenvalue weighted by Gasteiger charge is -2.19. The summed E-state index contributed by atoms with van der Waals surface area (Å²) in [5, 5.41) is 0. The van der Waals surface area contributed by atoms with Gasteiger partial charge in [-0.1, -0.05) is 0 Å². The van der Waals surface area contributed by atoms with Crippen molar-refractivity contribution in [1.82, 2.24) is 19.5 Å². The zero-order valence-electron chi connectivity index (χ0n) is 13.5. The third-order valence-electron chi connectivity index (χ3n) is 3.02. The summed E-state index contributed by atoms with van der Waals surface area (Å²) in [6.45, 7) is -1.48. The second-order valence-electron chi connectivity index (χ2n) is 5.12. The van der Waals surface area contributed by atoms with E-state index in [0.717, 1.165) is 0 Å². The highest BCUT2D eigenvalue weighted by Gasteiger charge is 2.21. The predicted octanol–water partition coefficient (Wildman–Crippen LogP) is -1.69. The van der Waals surface area contributed by atoms with E-state index in [-0.39, 0.29) is 30.3 Å². The molecule has 0 fully saturated rings. The first-order valence-electron chi connectivity index (χ1n) is 7.17. The van der Waals surface area contributed by atoms with E-state index in [9.17, 15) is 13.9 Å². The van der Waals surface area contributed by atoms with Crippen LogP contribution >= 0.6 is 15.6 Å². The van der Waals surface area contributed by atoms with E-state index in [2.05, 4.69) is 24.0 Å². The lowest BCUT2D eigenvalue weighted by Crippen LogP contribution is -2.27. The summed E-state index contributed by atoms with van der Waals surface area (Å²) in [5.74, 6) is -0.159. The van der Waals surface area contributed by atoms with Crippen molar-refractivity contribution in [1.29, 1.82) is 0 Å². The molecule has 7 N–H and O–H groups in total. The van der Waals surface area contributed by atoms with Crippen LogP contribution in [0.2, 0.25) is 0 Å². The summed E-state index contributed by atoms with van der Waals surface area (Å²) in [7, 11) is -9.47. The Morgan fingerprint density at radius 2 is 1.85 bits per heavy atom. The first kappa shape index (κ1) is 21.6. The van der Waals surface area contributed by atoms with Crippen LogP contribution in [0, 0.1) is 0 Å². The van der Waals surface area contributed by atoms with Crippen LogP contribution in [-0.4, -0.2) is 65.0 Å². The molecule has 0 bridgehead atoms. The maximum Gasteiger partial charge on any atom is 0.469 e. The van der Waals surface area contributed by atoms with Crippen LogP contribution in [-0.2, 0) is 29.5 Å². The number of aromatic amines is 1. The van der Waals surface area contributed by atoms with Crippen molar-refractivity contribution < 1.29 is 42.5 Å². The molecule has 2 aromatic heterocycles. The number of hydrogen-bond acceptors (Lipinski definition) is 9. The highest BCUT2D eigenvalue weighted by molar-refractivity contribution is 7.46. The summed E-state index contributed by atoms with van der Waals surface area (Å²) >= 11 is 0. The third-order valence-corrected chi connectivity index (χ3v) is 4.02. The average molecular weight is 429 g/mol. The van der Waals surface area contributed by atoms with Gasteiger partial charge in [0.05, 0.1) is 38.8 Å². The number of rotatable bonds is 10. The SMILES string of the molecule is Nc1nc2c(ncn2CC(COP(=O)(O)O)OCCOP(=O)(O)O)c(=O)[nH]1. The number of nitrogens with zero attached hydrogens (tertiary/aromatic N) is 3. The molecule has 0 aliphatic rings. The Balaban J connectivity index is 2.12. The zero-order valence-corrected chi connectivity index (χ0v) is 15.3. The van der Waals surface area contributed by atoms with Gasteiger partial charge in [-0.2, -0.15) is 4.98 Å². The van der Waals surface area contributed by atoms with Crippen LogP contribution in [0.15, 0.2) is 11.1 Å². The quantitative estimate of drug-likeness (QED) is 0.183. The summed E-state index contributed by atoms with van der Waals surface area (Å²) < 4.78 is 36.8. The number of hydrogen-bond donors (Lipinski definition) is 6. The molecule has 27 heavy (non-hydrogen) atoms. The maximum absolute atomic E-state index is 11.8. The summed E-state index contributed by atoms with van der Waals surface area (Å²) in [4.78, 5) is 56.7. The van der Waals surface area contributed by atoms with Gasteiger partial charge in [0.15, 0.2) is 11.2 Å². The minimum absolute atomic E-state index is 0.0105. The third kappa shape index (κ3) is 7.10. The monoisotopic (exact) mass is 429 g/mol. The van der Waals surface area contributed by atoms with Crippen molar-refractivity contribution in [2.24, 2.45) is 0 Å². The summed E-state index contributed by atoms with van der Waals surface area (Å²) in [5.41, 5.74) is 5.00. The predicted molar refractivity (Wildman–Crippen MR) is 88.3 cm³/mol. The number of fused-ring (bicyclic) bond motifs is 1. The summed E-state index contributed by atoms with van der Waals surface area (Å²) in [6.07, 6.45) is 0.240. The molecule has 0 saturated carbocycles. The molecule has 152 valence electrons.